The van der Waals surface area contributed by atoms with Crippen molar-refractivity contribution < 1.29 is 9.84 Å². The van der Waals surface area contributed by atoms with Crippen LogP contribution in [0.5, 0.6) is 0 Å². The van der Waals surface area contributed by atoms with Crippen LogP contribution in [0.3, 0.4) is 0 Å². The molecule has 1 aromatic rings. The molecular weight excluding hydrogens is 228 g/mol. The zero-order chi connectivity index (χ0) is 13.0. The van der Waals surface area contributed by atoms with Crippen molar-refractivity contribution in [2.45, 2.75) is 25.0 Å². The standard InChI is InChI=1S/C14H22N2O2/c1-16(11-14(17)6-8-18-9-7-14)13-5-3-2-4-12(13)10-15/h2-5,17H,6-11,15H2,1H3. The topological polar surface area (TPSA) is 58.7 Å². The molecule has 1 saturated heterocycles. The summed E-state index contributed by atoms with van der Waals surface area (Å²) in [6, 6.07) is 8.06. The van der Waals surface area contributed by atoms with E-state index in [-0.39, 0.29) is 0 Å². The molecule has 1 heterocycles. The summed E-state index contributed by atoms with van der Waals surface area (Å²) in [6.45, 7) is 2.42. The largest absolute Gasteiger partial charge is 0.388 e. The number of nitrogens with zero attached hydrogens (tertiary/aromatic N) is 1. The third kappa shape index (κ3) is 3.02. The normalized spacial score (nSPS) is 18.6. The molecular formula is C14H22N2O2. The van der Waals surface area contributed by atoms with Crippen molar-refractivity contribution in [1.82, 2.24) is 0 Å². The molecule has 0 radical (unpaired) electrons. The molecule has 1 aromatic carbocycles. The van der Waals surface area contributed by atoms with Crippen LogP contribution in [0, 0.1) is 0 Å². The Morgan fingerprint density at radius 3 is 2.67 bits per heavy atom. The number of nitrogens with two attached hydrogens (primary N) is 1. The van der Waals surface area contributed by atoms with E-state index in [0.717, 1.165) is 11.3 Å². The van der Waals surface area contributed by atoms with Gasteiger partial charge in [-0.1, -0.05) is 18.2 Å². The van der Waals surface area contributed by atoms with Crippen LogP contribution in [0.25, 0.3) is 0 Å². The molecule has 2 rings (SSSR count). The highest BCUT2D eigenvalue weighted by Crippen LogP contribution is 2.25. The number of hydrogen-bond acceptors (Lipinski definition) is 4. The maximum Gasteiger partial charge on any atom is 0.0865 e. The van der Waals surface area contributed by atoms with Crippen molar-refractivity contribution in [2.24, 2.45) is 5.73 Å². The smallest absolute Gasteiger partial charge is 0.0865 e. The molecule has 3 N–H and O–H groups in total. The van der Waals surface area contributed by atoms with Crippen molar-refractivity contribution in [3.05, 3.63) is 29.8 Å². The van der Waals surface area contributed by atoms with E-state index in [0.29, 0.717) is 39.1 Å². The third-order valence-electron chi connectivity index (χ3n) is 3.58. The van der Waals surface area contributed by atoms with Crippen molar-refractivity contribution >= 4 is 5.69 Å². The summed E-state index contributed by atoms with van der Waals surface area (Å²) in [4.78, 5) is 2.09. The highest BCUT2D eigenvalue weighted by Gasteiger charge is 2.31. The van der Waals surface area contributed by atoms with Gasteiger partial charge in [0.1, 0.15) is 0 Å². The van der Waals surface area contributed by atoms with Crippen molar-refractivity contribution in [3.8, 4) is 0 Å². The summed E-state index contributed by atoms with van der Waals surface area (Å²) in [6.07, 6.45) is 1.39. The molecule has 0 amide bonds. The minimum absolute atomic E-state index is 0.516. The monoisotopic (exact) mass is 250 g/mol. The maximum atomic E-state index is 10.5. The highest BCUT2D eigenvalue weighted by atomic mass is 16.5. The van der Waals surface area contributed by atoms with Gasteiger partial charge in [0, 0.05) is 51.9 Å². The zero-order valence-corrected chi connectivity index (χ0v) is 10.9. The Morgan fingerprint density at radius 1 is 1.33 bits per heavy atom. The van der Waals surface area contributed by atoms with Crippen molar-refractivity contribution in [2.75, 3.05) is 31.7 Å². The van der Waals surface area contributed by atoms with Gasteiger partial charge in [0.15, 0.2) is 0 Å². The quantitative estimate of drug-likeness (QED) is 0.841. The Bertz CT molecular complexity index is 389. The van der Waals surface area contributed by atoms with E-state index in [9.17, 15) is 5.11 Å². The fourth-order valence-corrected chi connectivity index (χ4v) is 2.49. The number of anilines is 1. The molecule has 0 aliphatic carbocycles. The lowest BCUT2D eigenvalue weighted by molar-refractivity contribution is -0.0572. The maximum absolute atomic E-state index is 10.5. The van der Waals surface area contributed by atoms with E-state index >= 15 is 0 Å². The molecule has 0 unspecified atom stereocenters. The summed E-state index contributed by atoms with van der Waals surface area (Å²) < 4.78 is 5.30. The van der Waals surface area contributed by atoms with Gasteiger partial charge in [0.25, 0.3) is 0 Å². The van der Waals surface area contributed by atoms with Crippen molar-refractivity contribution in [3.63, 3.8) is 0 Å². The predicted octanol–water partition coefficient (Wildman–Crippen LogP) is 1.12. The van der Waals surface area contributed by atoms with Gasteiger partial charge in [-0.05, 0) is 11.6 Å². The molecule has 0 spiro atoms. The van der Waals surface area contributed by atoms with Crippen LogP contribution in [0.1, 0.15) is 18.4 Å². The van der Waals surface area contributed by atoms with Gasteiger partial charge in [-0.3, -0.25) is 0 Å². The highest BCUT2D eigenvalue weighted by molar-refractivity contribution is 5.53. The number of hydrogen-bond donors (Lipinski definition) is 2. The predicted molar refractivity (Wildman–Crippen MR) is 72.6 cm³/mol. The summed E-state index contributed by atoms with van der Waals surface area (Å²) >= 11 is 0. The molecule has 4 nitrogen and oxygen atoms in total. The first-order valence-corrected chi connectivity index (χ1v) is 6.44. The van der Waals surface area contributed by atoms with E-state index in [1.165, 1.54) is 0 Å². The molecule has 1 aliphatic heterocycles. The fourth-order valence-electron chi connectivity index (χ4n) is 2.49. The van der Waals surface area contributed by atoms with Gasteiger partial charge < -0.3 is 20.5 Å². The first kappa shape index (κ1) is 13.3. The molecule has 0 aromatic heterocycles. The second kappa shape index (κ2) is 5.69. The summed E-state index contributed by atoms with van der Waals surface area (Å²) in [5.41, 5.74) is 7.31. The van der Waals surface area contributed by atoms with E-state index < -0.39 is 5.60 Å². The molecule has 0 bridgehead atoms. The van der Waals surface area contributed by atoms with Crippen LogP contribution >= 0.6 is 0 Å². The van der Waals surface area contributed by atoms with Crippen LogP contribution in [0.4, 0.5) is 5.69 Å². The van der Waals surface area contributed by atoms with Crippen LogP contribution in [-0.4, -0.2) is 37.5 Å². The molecule has 100 valence electrons. The van der Waals surface area contributed by atoms with E-state index in [1.54, 1.807) is 0 Å². The van der Waals surface area contributed by atoms with E-state index in [1.807, 2.05) is 31.3 Å². The average molecular weight is 250 g/mol. The number of likely N-dealkylation sites (N-methyl/N-ethyl adjacent to an activating group) is 1. The molecule has 1 aliphatic rings. The first-order chi connectivity index (χ1) is 8.64. The molecule has 0 saturated carbocycles. The summed E-state index contributed by atoms with van der Waals surface area (Å²) in [7, 11) is 2.00. The lowest BCUT2D eigenvalue weighted by Crippen LogP contribution is -2.46. The molecule has 18 heavy (non-hydrogen) atoms. The Morgan fingerprint density at radius 2 is 2.00 bits per heavy atom. The van der Waals surface area contributed by atoms with Crippen LogP contribution in [0.2, 0.25) is 0 Å². The minimum Gasteiger partial charge on any atom is -0.388 e. The molecule has 1 fully saturated rings. The number of benzene rings is 1. The van der Waals surface area contributed by atoms with Crippen LogP contribution in [0.15, 0.2) is 24.3 Å². The Labute approximate surface area is 108 Å². The van der Waals surface area contributed by atoms with Gasteiger partial charge >= 0.3 is 0 Å². The SMILES string of the molecule is CN(CC1(O)CCOCC1)c1ccccc1CN. The van der Waals surface area contributed by atoms with Gasteiger partial charge in [-0.2, -0.15) is 0 Å². The summed E-state index contributed by atoms with van der Waals surface area (Å²) in [5, 5.41) is 10.5. The Hall–Kier alpha value is -1.10. The van der Waals surface area contributed by atoms with Gasteiger partial charge in [-0.25, -0.2) is 0 Å². The molecule has 0 atom stereocenters. The fraction of sp³-hybridized carbons (Fsp3) is 0.571. The van der Waals surface area contributed by atoms with E-state index in [4.69, 9.17) is 10.5 Å². The summed E-state index contributed by atoms with van der Waals surface area (Å²) in [5.74, 6) is 0. The third-order valence-corrected chi connectivity index (χ3v) is 3.58. The van der Waals surface area contributed by atoms with Gasteiger partial charge in [-0.15, -0.1) is 0 Å². The number of aliphatic hydroxyl groups is 1. The number of para-hydroxylation sites is 1. The first-order valence-electron chi connectivity index (χ1n) is 6.44. The number of ether oxygens (including phenoxy) is 1. The Balaban J connectivity index is 2.08. The van der Waals surface area contributed by atoms with E-state index in [2.05, 4.69) is 4.90 Å². The second-order valence-corrected chi connectivity index (χ2v) is 5.03. The van der Waals surface area contributed by atoms with Gasteiger partial charge in [0.05, 0.1) is 5.60 Å². The van der Waals surface area contributed by atoms with Crippen LogP contribution < -0.4 is 10.6 Å². The van der Waals surface area contributed by atoms with Crippen molar-refractivity contribution in [1.29, 1.82) is 0 Å². The lowest BCUT2D eigenvalue weighted by Gasteiger charge is -2.36. The molecule has 4 heteroatoms. The lowest BCUT2D eigenvalue weighted by atomic mass is 9.93. The second-order valence-electron chi connectivity index (χ2n) is 5.03. The average Bonchev–Trinajstić information content (AvgIpc) is 2.39. The zero-order valence-electron chi connectivity index (χ0n) is 10.9. The Kier molecular flexibility index (Phi) is 4.22. The number of rotatable bonds is 4. The van der Waals surface area contributed by atoms with Crippen LogP contribution in [-0.2, 0) is 11.3 Å². The minimum atomic E-state index is -0.644. The van der Waals surface area contributed by atoms with Gasteiger partial charge in [0.2, 0.25) is 0 Å².